The minimum Gasteiger partial charge on any atom is -0.496 e. The number of methoxy groups -OCH3 is 1. The van der Waals surface area contributed by atoms with Crippen LogP contribution >= 0.6 is 0 Å². The van der Waals surface area contributed by atoms with Crippen LogP contribution in [0.25, 0.3) is 0 Å². The number of rotatable bonds is 2. The number of aliphatic carboxylic acids is 1. The van der Waals surface area contributed by atoms with Crippen LogP contribution in [0.1, 0.15) is 29.0 Å². The normalized spacial score (nSPS) is 18.6. The van der Waals surface area contributed by atoms with Gasteiger partial charge in [0.1, 0.15) is 5.75 Å². The van der Waals surface area contributed by atoms with Crippen molar-refractivity contribution in [2.75, 3.05) is 7.11 Å². The van der Waals surface area contributed by atoms with E-state index in [1.54, 1.807) is 0 Å². The molecule has 0 spiro atoms. The largest absolute Gasteiger partial charge is 0.496 e. The number of alkyl halides is 3. The Bertz CT molecular complexity index is 494. The second-order valence-electron chi connectivity index (χ2n) is 4.13. The Balaban J connectivity index is 2.63. The fraction of sp³-hybridized carbons (Fsp3) is 0.417. The zero-order chi connectivity index (χ0) is 13.5. The summed E-state index contributed by atoms with van der Waals surface area (Å²) in [6.07, 6.45) is -4.18. The van der Waals surface area contributed by atoms with Gasteiger partial charge >= 0.3 is 12.1 Å². The maximum absolute atomic E-state index is 12.8. The number of carbonyl (C=O) groups is 1. The molecule has 0 saturated heterocycles. The molecule has 98 valence electrons. The van der Waals surface area contributed by atoms with Gasteiger partial charge in [-0.05, 0) is 30.5 Å². The average Bonchev–Trinajstić information content (AvgIpc) is 2.70. The summed E-state index contributed by atoms with van der Waals surface area (Å²) in [7, 11) is 1.32. The van der Waals surface area contributed by atoms with Crippen LogP contribution in [-0.4, -0.2) is 18.2 Å². The van der Waals surface area contributed by atoms with Gasteiger partial charge in [0.15, 0.2) is 0 Å². The Hall–Kier alpha value is -1.72. The van der Waals surface area contributed by atoms with Crippen molar-refractivity contribution in [2.24, 2.45) is 0 Å². The van der Waals surface area contributed by atoms with Crippen LogP contribution in [0.5, 0.6) is 5.75 Å². The van der Waals surface area contributed by atoms with Crippen LogP contribution in [0.4, 0.5) is 13.2 Å². The van der Waals surface area contributed by atoms with Gasteiger partial charge < -0.3 is 9.84 Å². The van der Waals surface area contributed by atoms with Crippen LogP contribution in [0, 0.1) is 0 Å². The summed E-state index contributed by atoms with van der Waals surface area (Å²) in [6, 6.07) is 2.13. The molecule has 3 nitrogen and oxygen atoms in total. The van der Waals surface area contributed by atoms with Gasteiger partial charge in [0.2, 0.25) is 0 Å². The molecule has 1 atom stereocenters. The van der Waals surface area contributed by atoms with E-state index in [2.05, 4.69) is 0 Å². The number of hydrogen-bond donors (Lipinski definition) is 1. The summed E-state index contributed by atoms with van der Waals surface area (Å²) in [5.74, 6) is -1.83. The molecule has 0 radical (unpaired) electrons. The van der Waals surface area contributed by atoms with Gasteiger partial charge in [-0.25, -0.2) is 0 Å². The summed E-state index contributed by atoms with van der Waals surface area (Å²) >= 11 is 0. The Morgan fingerprint density at radius 3 is 2.61 bits per heavy atom. The van der Waals surface area contributed by atoms with Gasteiger partial charge in [-0.1, -0.05) is 0 Å². The van der Waals surface area contributed by atoms with Crippen molar-refractivity contribution in [2.45, 2.75) is 24.9 Å². The molecule has 6 heteroatoms. The Kier molecular flexibility index (Phi) is 2.96. The number of fused-ring (bicyclic) bond motifs is 1. The Morgan fingerprint density at radius 2 is 2.11 bits per heavy atom. The van der Waals surface area contributed by atoms with E-state index in [9.17, 15) is 18.0 Å². The minimum absolute atomic E-state index is 0.0502. The van der Waals surface area contributed by atoms with Gasteiger partial charge in [0.05, 0.1) is 18.6 Å². The highest BCUT2D eigenvalue weighted by molar-refractivity contribution is 5.79. The van der Waals surface area contributed by atoms with Crippen molar-refractivity contribution < 1.29 is 27.8 Å². The van der Waals surface area contributed by atoms with E-state index in [1.165, 1.54) is 13.2 Å². The van der Waals surface area contributed by atoms with Gasteiger partial charge in [-0.3, -0.25) is 4.79 Å². The van der Waals surface area contributed by atoms with E-state index >= 15 is 0 Å². The van der Waals surface area contributed by atoms with Crippen LogP contribution in [0.2, 0.25) is 0 Å². The molecule has 0 saturated carbocycles. The zero-order valence-electron chi connectivity index (χ0n) is 9.54. The molecule has 0 aromatic heterocycles. The standard InChI is InChI=1S/C12H11F3O3/c1-18-9-5-4-8(12(13,14)15)6-2-3-7(10(6)9)11(16)17/h4-5,7H,2-3H2,1H3,(H,16,17). The van der Waals surface area contributed by atoms with Crippen molar-refractivity contribution in [1.82, 2.24) is 0 Å². The van der Waals surface area contributed by atoms with E-state index in [0.717, 1.165) is 6.07 Å². The molecule has 0 heterocycles. The third-order valence-electron chi connectivity index (χ3n) is 3.17. The number of carboxylic acid groups (broad SMARTS) is 1. The summed E-state index contributed by atoms with van der Waals surface area (Å²) in [6.45, 7) is 0. The fourth-order valence-electron chi connectivity index (χ4n) is 2.42. The highest BCUT2D eigenvalue weighted by Crippen LogP contribution is 2.45. The first-order chi connectivity index (χ1) is 8.36. The second-order valence-corrected chi connectivity index (χ2v) is 4.13. The van der Waals surface area contributed by atoms with Crippen molar-refractivity contribution in [3.8, 4) is 5.75 Å². The lowest BCUT2D eigenvalue weighted by Crippen LogP contribution is -2.12. The van der Waals surface area contributed by atoms with Crippen LogP contribution in [0.15, 0.2) is 12.1 Å². The van der Waals surface area contributed by atoms with Crippen molar-refractivity contribution in [3.05, 3.63) is 28.8 Å². The first-order valence-electron chi connectivity index (χ1n) is 5.36. The first kappa shape index (κ1) is 12.7. The van der Waals surface area contributed by atoms with Crippen molar-refractivity contribution in [3.63, 3.8) is 0 Å². The molecule has 0 bridgehead atoms. The molecule has 0 aliphatic heterocycles. The highest BCUT2D eigenvalue weighted by atomic mass is 19.4. The molecule has 1 aliphatic carbocycles. The number of hydrogen-bond acceptors (Lipinski definition) is 2. The summed E-state index contributed by atoms with van der Waals surface area (Å²) in [5, 5.41) is 9.04. The molecule has 2 rings (SSSR count). The smallest absolute Gasteiger partial charge is 0.416 e. The molecule has 1 aromatic rings. The predicted octanol–water partition coefficient (Wildman–Crippen LogP) is 2.83. The molecular weight excluding hydrogens is 249 g/mol. The molecule has 1 unspecified atom stereocenters. The van der Waals surface area contributed by atoms with Crippen LogP contribution in [0.3, 0.4) is 0 Å². The maximum atomic E-state index is 12.8. The number of ether oxygens (including phenoxy) is 1. The van der Waals surface area contributed by atoms with Crippen LogP contribution < -0.4 is 4.74 Å². The second kappa shape index (κ2) is 4.19. The SMILES string of the molecule is COc1ccc(C(F)(F)F)c2c1C(C(=O)O)CC2. The summed E-state index contributed by atoms with van der Waals surface area (Å²) in [5.41, 5.74) is -0.545. The number of benzene rings is 1. The average molecular weight is 260 g/mol. The van der Waals surface area contributed by atoms with Crippen molar-refractivity contribution >= 4 is 5.97 Å². The molecule has 0 amide bonds. The monoisotopic (exact) mass is 260 g/mol. The molecule has 18 heavy (non-hydrogen) atoms. The summed E-state index contributed by atoms with van der Waals surface area (Å²) in [4.78, 5) is 11.1. The maximum Gasteiger partial charge on any atom is 0.416 e. The van der Waals surface area contributed by atoms with Crippen molar-refractivity contribution in [1.29, 1.82) is 0 Å². The van der Waals surface area contributed by atoms with E-state index in [1.807, 2.05) is 0 Å². The molecule has 1 aliphatic rings. The van der Waals surface area contributed by atoms with E-state index in [-0.39, 0.29) is 29.7 Å². The fourth-order valence-corrected chi connectivity index (χ4v) is 2.42. The topological polar surface area (TPSA) is 46.5 Å². The van der Waals surface area contributed by atoms with Gasteiger partial charge in [0, 0.05) is 5.56 Å². The summed E-state index contributed by atoms with van der Waals surface area (Å²) < 4.78 is 43.4. The minimum atomic E-state index is -4.47. The van der Waals surface area contributed by atoms with E-state index < -0.39 is 23.6 Å². The number of carboxylic acids is 1. The molecule has 0 fully saturated rings. The van der Waals surface area contributed by atoms with Gasteiger partial charge in [0.25, 0.3) is 0 Å². The Labute approximate surface area is 101 Å². The van der Waals surface area contributed by atoms with Crippen LogP contribution in [-0.2, 0) is 17.4 Å². The lowest BCUT2D eigenvalue weighted by Gasteiger charge is -2.16. The predicted molar refractivity (Wildman–Crippen MR) is 56.7 cm³/mol. The van der Waals surface area contributed by atoms with Gasteiger partial charge in [-0.2, -0.15) is 13.2 Å². The van der Waals surface area contributed by atoms with Gasteiger partial charge in [-0.15, -0.1) is 0 Å². The molecule has 1 N–H and O–H groups in total. The molecular formula is C12H11F3O3. The van der Waals surface area contributed by atoms with E-state index in [0.29, 0.717) is 0 Å². The highest BCUT2D eigenvalue weighted by Gasteiger charge is 2.40. The third-order valence-corrected chi connectivity index (χ3v) is 3.17. The lowest BCUT2D eigenvalue weighted by molar-refractivity contribution is -0.139. The van der Waals surface area contributed by atoms with E-state index in [4.69, 9.17) is 9.84 Å². The molecule has 1 aromatic carbocycles. The lowest BCUT2D eigenvalue weighted by atomic mass is 9.97. The number of halogens is 3. The third kappa shape index (κ3) is 1.91. The quantitative estimate of drug-likeness (QED) is 0.889. The Morgan fingerprint density at radius 1 is 1.44 bits per heavy atom. The first-order valence-corrected chi connectivity index (χ1v) is 5.36. The zero-order valence-corrected chi connectivity index (χ0v) is 9.54.